The van der Waals surface area contributed by atoms with Crippen molar-refractivity contribution in [3.8, 4) is 0 Å². The van der Waals surface area contributed by atoms with Crippen LogP contribution in [0.5, 0.6) is 0 Å². The third kappa shape index (κ3) is 3.25. The molecule has 0 aliphatic carbocycles. The van der Waals surface area contributed by atoms with Gasteiger partial charge in [0, 0.05) is 23.3 Å². The highest BCUT2D eigenvalue weighted by atomic mass is 79.9. The number of halogens is 1. The minimum atomic E-state index is 0.0639. The van der Waals surface area contributed by atoms with Gasteiger partial charge in [-0.25, -0.2) is 0 Å². The Hall–Kier alpha value is -0.480. The molecule has 1 rings (SSSR count). The van der Waals surface area contributed by atoms with E-state index < -0.39 is 0 Å². The van der Waals surface area contributed by atoms with E-state index in [1.54, 1.807) is 16.7 Å². The van der Waals surface area contributed by atoms with Crippen molar-refractivity contribution in [2.24, 2.45) is 0 Å². The number of thioether (sulfide) groups is 1. The molecule has 1 aromatic rings. The van der Waals surface area contributed by atoms with Crippen LogP contribution in [0.4, 0.5) is 0 Å². The van der Waals surface area contributed by atoms with E-state index in [0.29, 0.717) is 0 Å². The van der Waals surface area contributed by atoms with Gasteiger partial charge in [0.05, 0.1) is 5.56 Å². The maximum Gasteiger partial charge on any atom is 0.255 e. The lowest BCUT2D eigenvalue weighted by atomic mass is 10.2. The van der Waals surface area contributed by atoms with Gasteiger partial charge in [-0.2, -0.15) is 11.8 Å². The molecule has 88 valence electrons. The maximum atomic E-state index is 12.2. The van der Waals surface area contributed by atoms with E-state index >= 15 is 0 Å². The fraction of sp³-hybridized carbons (Fsp3) is 0.417. The molecule has 4 heteroatoms. The quantitative estimate of drug-likeness (QED) is 0.851. The van der Waals surface area contributed by atoms with Gasteiger partial charge in [-0.05, 0) is 41.2 Å². The van der Waals surface area contributed by atoms with E-state index in [4.69, 9.17) is 0 Å². The largest absolute Gasteiger partial charge is 0.338 e. The zero-order valence-electron chi connectivity index (χ0n) is 9.74. The molecule has 1 atom stereocenters. The van der Waals surface area contributed by atoms with Gasteiger partial charge in [-0.3, -0.25) is 4.79 Å². The molecule has 2 nitrogen and oxygen atoms in total. The predicted octanol–water partition coefficient (Wildman–Crippen LogP) is 3.27. The van der Waals surface area contributed by atoms with Crippen LogP contribution in [-0.4, -0.2) is 35.9 Å². The Balaban J connectivity index is 2.82. The van der Waals surface area contributed by atoms with Gasteiger partial charge in [-0.15, -0.1) is 0 Å². The molecule has 1 amide bonds. The minimum Gasteiger partial charge on any atom is -0.338 e. The first-order valence-corrected chi connectivity index (χ1v) is 7.27. The monoisotopic (exact) mass is 301 g/mol. The third-order valence-electron chi connectivity index (χ3n) is 2.49. The number of carbonyl (C=O) groups excluding carboxylic acids is 1. The summed E-state index contributed by atoms with van der Waals surface area (Å²) in [4.78, 5) is 14.0. The van der Waals surface area contributed by atoms with E-state index in [1.165, 1.54) is 0 Å². The van der Waals surface area contributed by atoms with Gasteiger partial charge in [-0.1, -0.05) is 12.1 Å². The highest BCUT2D eigenvalue weighted by molar-refractivity contribution is 9.10. The maximum absolute atomic E-state index is 12.2. The molecular weight excluding hydrogens is 286 g/mol. The van der Waals surface area contributed by atoms with Crippen molar-refractivity contribution >= 4 is 33.6 Å². The molecule has 1 aromatic carbocycles. The van der Waals surface area contributed by atoms with Crippen LogP contribution in [0.15, 0.2) is 28.7 Å². The number of carbonyl (C=O) groups is 1. The van der Waals surface area contributed by atoms with Gasteiger partial charge >= 0.3 is 0 Å². The molecule has 16 heavy (non-hydrogen) atoms. The summed E-state index contributed by atoms with van der Waals surface area (Å²) in [6.45, 7) is 2.06. The van der Waals surface area contributed by atoms with Crippen molar-refractivity contribution in [2.45, 2.75) is 13.0 Å². The van der Waals surface area contributed by atoms with Gasteiger partial charge in [0.2, 0.25) is 0 Å². The summed E-state index contributed by atoms with van der Waals surface area (Å²) < 4.78 is 0.850. The highest BCUT2D eigenvalue weighted by Gasteiger charge is 2.18. The second kappa shape index (κ2) is 6.30. The Labute approximate surface area is 110 Å². The molecule has 1 unspecified atom stereocenters. The molecule has 0 aromatic heterocycles. The van der Waals surface area contributed by atoms with Gasteiger partial charge in [0.15, 0.2) is 0 Å². The zero-order valence-corrected chi connectivity index (χ0v) is 12.1. The lowest BCUT2D eigenvalue weighted by Crippen LogP contribution is -2.36. The minimum absolute atomic E-state index is 0.0639. The van der Waals surface area contributed by atoms with Crippen LogP contribution >= 0.6 is 27.7 Å². The summed E-state index contributed by atoms with van der Waals surface area (Å²) in [6.07, 6.45) is 2.05. The fourth-order valence-electron chi connectivity index (χ4n) is 1.38. The van der Waals surface area contributed by atoms with Crippen LogP contribution in [0.3, 0.4) is 0 Å². The van der Waals surface area contributed by atoms with Gasteiger partial charge in [0.25, 0.3) is 5.91 Å². The first-order chi connectivity index (χ1) is 7.57. The average molecular weight is 302 g/mol. The molecule has 0 saturated carbocycles. The first kappa shape index (κ1) is 13.6. The molecule has 0 saturated heterocycles. The normalized spacial score (nSPS) is 12.2. The van der Waals surface area contributed by atoms with Crippen LogP contribution in [0.1, 0.15) is 17.3 Å². The number of hydrogen-bond donors (Lipinski definition) is 0. The predicted molar refractivity (Wildman–Crippen MR) is 74.1 cm³/mol. The lowest BCUT2D eigenvalue weighted by Gasteiger charge is -2.24. The summed E-state index contributed by atoms with van der Waals surface area (Å²) in [6, 6.07) is 7.77. The summed E-state index contributed by atoms with van der Waals surface area (Å²) in [5.74, 6) is 1.01. The standard InChI is InChI=1S/C12H16BrNOS/c1-9(8-16-3)14(2)12(15)10-6-4-5-7-11(10)13/h4-7,9H,8H2,1-3H3. The van der Waals surface area contributed by atoms with E-state index in [-0.39, 0.29) is 11.9 Å². The number of nitrogens with zero attached hydrogens (tertiary/aromatic N) is 1. The second-order valence-electron chi connectivity index (χ2n) is 3.70. The van der Waals surface area contributed by atoms with E-state index in [1.807, 2.05) is 37.6 Å². The SMILES string of the molecule is CSCC(C)N(C)C(=O)c1ccccc1Br. The van der Waals surface area contributed by atoms with Crippen molar-refractivity contribution in [1.82, 2.24) is 4.90 Å². The van der Waals surface area contributed by atoms with E-state index in [2.05, 4.69) is 22.9 Å². The fourth-order valence-corrected chi connectivity index (χ4v) is 2.54. The summed E-state index contributed by atoms with van der Waals surface area (Å²) in [5, 5.41) is 0. The van der Waals surface area contributed by atoms with Crippen molar-refractivity contribution in [1.29, 1.82) is 0 Å². The Kier molecular flexibility index (Phi) is 5.35. The molecule has 0 N–H and O–H groups in total. The lowest BCUT2D eigenvalue weighted by molar-refractivity contribution is 0.0756. The first-order valence-electron chi connectivity index (χ1n) is 5.08. The van der Waals surface area contributed by atoms with Crippen molar-refractivity contribution in [3.63, 3.8) is 0 Å². The average Bonchev–Trinajstić information content (AvgIpc) is 2.28. The Bertz CT molecular complexity index is 370. The van der Waals surface area contributed by atoms with Crippen LogP contribution < -0.4 is 0 Å². The molecular formula is C12H16BrNOS. The topological polar surface area (TPSA) is 20.3 Å². The summed E-state index contributed by atoms with van der Waals surface area (Å²) in [5.41, 5.74) is 0.720. The van der Waals surface area contributed by atoms with Crippen molar-refractivity contribution in [2.75, 3.05) is 19.1 Å². The molecule has 0 heterocycles. The zero-order chi connectivity index (χ0) is 12.1. The highest BCUT2D eigenvalue weighted by Crippen LogP contribution is 2.18. The van der Waals surface area contributed by atoms with Crippen LogP contribution in [0.2, 0.25) is 0 Å². The molecule has 0 aliphatic heterocycles. The van der Waals surface area contributed by atoms with Crippen LogP contribution in [0.25, 0.3) is 0 Å². The smallest absolute Gasteiger partial charge is 0.255 e. The van der Waals surface area contributed by atoms with E-state index in [9.17, 15) is 4.79 Å². The number of benzene rings is 1. The Morgan fingerprint density at radius 3 is 2.69 bits per heavy atom. The van der Waals surface area contributed by atoms with E-state index in [0.717, 1.165) is 15.8 Å². The van der Waals surface area contributed by atoms with Gasteiger partial charge in [0.1, 0.15) is 0 Å². The Morgan fingerprint density at radius 2 is 2.12 bits per heavy atom. The van der Waals surface area contributed by atoms with Crippen LogP contribution in [0, 0.1) is 0 Å². The Morgan fingerprint density at radius 1 is 1.50 bits per heavy atom. The molecule has 0 bridgehead atoms. The number of amides is 1. The van der Waals surface area contributed by atoms with Gasteiger partial charge < -0.3 is 4.90 Å². The number of rotatable bonds is 4. The molecule has 0 fully saturated rings. The van der Waals surface area contributed by atoms with Crippen LogP contribution in [-0.2, 0) is 0 Å². The number of hydrogen-bond acceptors (Lipinski definition) is 2. The third-order valence-corrected chi connectivity index (χ3v) is 4.00. The summed E-state index contributed by atoms with van der Waals surface area (Å²) in [7, 11) is 1.85. The second-order valence-corrected chi connectivity index (χ2v) is 5.47. The molecule has 0 radical (unpaired) electrons. The summed E-state index contributed by atoms with van der Waals surface area (Å²) >= 11 is 5.15. The molecule has 0 aliphatic rings. The molecule has 0 spiro atoms. The van der Waals surface area contributed by atoms with Crippen molar-refractivity contribution < 1.29 is 4.79 Å². The van der Waals surface area contributed by atoms with Crippen molar-refractivity contribution in [3.05, 3.63) is 34.3 Å².